The normalized spacial score (nSPS) is 16.3. The Balaban J connectivity index is 4.09. The number of hydrogen-bond acceptors (Lipinski definition) is 2. The van der Waals surface area contributed by atoms with Crippen molar-refractivity contribution in [3.05, 3.63) is 0 Å². The Morgan fingerprint density at radius 1 is 1.38 bits per heavy atom. The average molecular weight is 183 g/mol. The Bertz CT molecular complexity index is 187. The first-order chi connectivity index (χ1) is 5.89. The molecule has 0 saturated carbocycles. The first-order valence-corrected chi connectivity index (χ1v) is 4.73. The summed E-state index contributed by atoms with van der Waals surface area (Å²) in [6.07, 6.45) is 6.29. The van der Waals surface area contributed by atoms with E-state index in [2.05, 4.69) is 18.2 Å². The second-order valence-corrected chi connectivity index (χ2v) is 4.45. The van der Waals surface area contributed by atoms with E-state index in [0.717, 1.165) is 13.0 Å². The standard InChI is InChI=1S/C11H21NO/c1-6-10(3,4)12-8-11(5,7-2)9-13/h1,12-13H,7-9H2,2-5H3. The van der Waals surface area contributed by atoms with Crippen molar-refractivity contribution >= 4 is 0 Å². The lowest BCUT2D eigenvalue weighted by molar-refractivity contribution is 0.130. The zero-order valence-electron chi connectivity index (χ0n) is 9.15. The van der Waals surface area contributed by atoms with Gasteiger partial charge in [0.15, 0.2) is 0 Å². The molecule has 0 bridgehead atoms. The quantitative estimate of drug-likeness (QED) is 0.631. The second-order valence-electron chi connectivity index (χ2n) is 4.45. The van der Waals surface area contributed by atoms with Crippen molar-refractivity contribution in [1.82, 2.24) is 5.32 Å². The summed E-state index contributed by atoms with van der Waals surface area (Å²) >= 11 is 0. The van der Waals surface area contributed by atoms with Crippen LogP contribution in [0.4, 0.5) is 0 Å². The van der Waals surface area contributed by atoms with Crippen molar-refractivity contribution in [1.29, 1.82) is 0 Å². The molecule has 0 aliphatic heterocycles. The molecule has 2 nitrogen and oxygen atoms in total. The van der Waals surface area contributed by atoms with Gasteiger partial charge in [-0.25, -0.2) is 0 Å². The summed E-state index contributed by atoms with van der Waals surface area (Å²) < 4.78 is 0. The molecule has 2 heteroatoms. The summed E-state index contributed by atoms with van der Waals surface area (Å²) in [5.74, 6) is 2.67. The van der Waals surface area contributed by atoms with Crippen LogP contribution in [0.15, 0.2) is 0 Å². The van der Waals surface area contributed by atoms with Gasteiger partial charge in [0.05, 0.1) is 5.54 Å². The van der Waals surface area contributed by atoms with Crippen LogP contribution in [0.3, 0.4) is 0 Å². The fourth-order valence-corrected chi connectivity index (χ4v) is 0.778. The van der Waals surface area contributed by atoms with E-state index in [4.69, 9.17) is 11.5 Å². The van der Waals surface area contributed by atoms with Crippen LogP contribution in [0.1, 0.15) is 34.1 Å². The van der Waals surface area contributed by atoms with Gasteiger partial charge >= 0.3 is 0 Å². The molecule has 0 rings (SSSR count). The second kappa shape index (κ2) is 4.64. The van der Waals surface area contributed by atoms with Crippen molar-refractivity contribution in [2.24, 2.45) is 5.41 Å². The highest BCUT2D eigenvalue weighted by Gasteiger charge is 2.24. The average Bonchev–Trinajstić information content (AvgIpc) is 2.14. The molecular weight excluding hydrogens is 162 g/mol. The molecule has 0 aliphatic rings. The number of aliphatic hydroxyl groups is 1. The van der Waals surface area contributed by atoms with E-state index in [-0.39, 0.29) is 17.6 Å². The molecule has 13 heavy (non-hydrogen) atoms. The molecule has 0 fully saturated rings. The summed E-state index contributed by atoms with van der Waals surface area (Å²) in [6, 6.07) is 0. The molecule has 0 aromatic heterocycles. The third-order valence-electron chi connectivity index (χ3n) is 2.55. The Labute approximate surface area is 81.7 Å². The fourth-order valence-electron chi connectivity index (χ4n) is 0.778. The summed E-state index contributed by atoms with van der Waals surface area (Å²) in [6.45, 7) is 8.97. The number of hydrogen-bond donors (Lipinski definition) is 2. The zero-order chi connectivity index (χ0) is 10.5. The van der Waals surface area contributed by atoms with Crippen LogP contribution in [-0.4, -0.2) is 23.8 Å². The van der Waals surface area contributed by atoms with Gasteiger partial charge in [0.25, 0.3) is 0 Å². The van der Waals surface area contributed by atoms with Crippen LogP contribution in [0.5, 0.6) is 0 Å². The molecule has 0 aromatic rings. The van der Waals surface area contributed by atoms with E-state index < -0.39 is 0 Å². The van der Waals surface area contributed by atoms with Crippen LogP contribution in [0, 0.1) is 17.8 Å². The van der Waals surface area contributed by atoms with E-state index in [1.165, 1.54) is 0 Å². The lowest BCUT2D eigenvalue weighted by Gasteiger charge is -2.30. The Morgan fingerprint density at radius 2 is 1.92 bits per heavy atom. The predicted molar refractivity (Wildman–Crippen MR) is 56.4 cm³/mol. The van der Waals surface area contributed by atoms with Crippen LogP contribution < -0.4 is 5.32 Å². The largest absolute Gasteiger partial charge is 0.396 e. The number of aliphatic hydroxyl groups excluding tert-OH is 1. The highest BCUT2D eigenvalue weighted by atomic mass is 16.3. The van der Waals surface area contributed by atoms with E-state index >= 15 is 0 Å². The number of terminal acetylenes is 1. The Hall–Kier alpha value is -0.520. The lowest BCUT2D eigenvalue weighted by atomic mass is 9.87. The molecule has 0 radical (unpaired) electrons. The van der Waals surface area contributed by atoms with Gasteiger partial charge in [0.1, 0.15) is 0 Å². The van der Waals surface area contributed by atoms with Gasteiger partial charge in [-0.1, -0.05) is 19.8 Å². The first-order valence-electron chi connectivity index (χ1n) is 4.73. The van der Waals surface area contributed by atoms with Gasteiger partial charge in [-0.15, -0.1) is 6.42 Å². The van der Waals surface area contributed by atoms with E-state index in [9.17, 15) is 0 Å². The smallest absolute Gasteiger partial charge is 0.0741 e. The van der Waals surface area contributed by atoms with Crippen molar-refractivity contribution in [3.8, 4) is 12.3 Å². The van der Waals surface area contributed by atoms with Crippen LogP contribution >= 0.6 is 0 Å². The van der Waals surface area contributed by atoms with Crippen LogP contribution in [0.25, 0.3) is 0 Å². The van der Waals surface area contributed by atoms with Crippen molar-refractivity contribution in [3.63, 3.8) is 0 Å². The molecule has 1 unspecified atom stereocenters. The minimum Gasteiger partial charge on any atom is -0.396 e. The summed E-state index contributed by atoms with van der Waals surface area (Å²) in [5, 5.41) is 12.4. The van der Waals surface area contributed by atoms with Crippen molar-refractivity contribution < 1.29 is 5.11 Å². The zero-order valence-corrected chi connectivity index (χ0v) is 9.15. The maximum Gasteiger partial charge on any atom is 0.0741 e. The summed E-state index contributed by atoms with van der Waals surface area (Å²) in [5.41, 5.74) is -0.347. The fraction of sp³-hybridized carbons (Fsp3) is 0.818. The molecule has 0 aromatic carbocycles. The van der Waals surface area contributed by atoms with Gasteiger partial charge < -0.3 is 10.4 Å². The lowest BCUT2D eigenvalue weighted by Crippen LogP contribution is -2.45. The molecular formula is C11H21NO. The number of rotatable bonds is 5. The monoisotopic (exact) mass is 183 g/mol. The Morgan fingerprint density at radius 3 is 2.23 bits per heavy atom. The topological polar surface area (TPSA) is 32.3 Å². The van der Waals surface area contributed by atoms with Crippen LogP contribution in [0.2, 0.25) is 0 Å². The van der Waals surface area contributed by atoms with Crippen LogP contribution in [-0.2, 0) is 0 Å². The third-order valence-corrected chi connectivity index (χ3v) is 2.55. The maximum absolute atomic E-state index is 9.16. The molecule has 0 heterocycles. The highest BCUT2D eigenvalue weighted by molar-refractivity contribution is 5.07. The maximum atomic E-state index is 9.16. The molecule has 2 N–H and O–H groups in total. The van der Waals surface area contributed by atoms with Gasteiger partial charge in [-0.3, -0.25) is 0 Å². The highest BCUT2D eigenvalue weighted by Crippen LogP contribution is 2.19. The van der Waals surface area contributed by atoms with Gasteiger partial charge in [-0.05, 0) is 20.3 Å². The van der Waals surface area contributed by atoms with Gasteiger partial charge in [0, 0.05) is 18.6 Å². The van der Waals surface area contributed by atoms with Gasteiger partial charge in [0.2, 0.25) is 0 Å². The molecule has 76 valence electrons. The SMILES string of the molecule is C#CC(C)(C)NCC(C)(CC)CO. The third kappa shape index (κ3) is 4.31. The molecule has 0 aliphatic carbocycles. The minimum absolute atomic E-state index is 0.0614. The molecule has 0 amide bonds. The van der Waals surface area contributed by atoms with E-state index in [1.54, 1.807) is 0 Å². The minimum atomic E-state index is -0.286. The molecule has 1 atom stereocenters. The van der Waals surface area contributed by atoms with E-state index in [0.29, 0.717) is 0 Å². The van der Waals surface area contributed by atoms with E-state index in [1.807, 2.05) is 20.8 Å². The summed E-state index contributed by atoms with van der Waals surface area (Å²) in [4.78, 5) is 0. The van der Waals surface area contributed by atoms with Crippen molar-refractivity contribution in [2.75, 3.05) is 13.2 Å². The first kappa shape index (κ1) is 12.5. The van der Waals surface area contributed by atoms with Crippen molar-refractivity contribution in [2.45, 2.75) is 39.7 Å². The summed E-state index contributed by atoms with van der Waals surface area (Å²) in [7, 11) is 0. The number of nitrogens with one attached hydrogen (secondary N) is 1. The predicted octanol–water partition coefficient (Wildman–Crippen LogP) is 1.40. The van der Waals surface area contributed by atoms with Gasteiger partial charge in [-0.2, -0.15) is 0 Å². The molecule has 0 saturated heterocycles. The Kier molecular flexibility index (Phi) is 4.46. The molecule has 0 spiro atoms.